The number of nitrogens with zero attached hydrogens (tertiary/aromatic N) is 1. The average molecular weight is 317 g/mol. The molecule has 0 saturated heterocycles. The van der Waals surface area contributed by atoms with Crippen LogP contribution in [0.2, 0.25) is 0 Å². The van der Waals surface area contributed by atoms with Gasteiger partial charge in [-0.1, -0.05) is 6.07 Å². The molecule has 2 aromatic rings. The third-order valence-corrected chi connectivity index (χ3v) is 5.14. The normalized spacial score (nSPS) is 17.1. The molecule has 1 amide bonds. The van der Waals surface area contributed by atoms with E-state index in [-0.39, 0.29) is 17.4 Å². The van der Waals surface area contributed by atoms with Crippen LogP contribution in [0.3, 0.4) is 0 Å². The van der Waals surface area contributed by atoms with Crippen LogP contribution in [0.1, 0.15) is 45.4 Å². The molecule has 4 rings (SSSR count). The number of carbonyl (C=O) groups excluding carboxylic acids is 1. The van der Waals surface area contributed by atoms with E-state index in [0.29, 0.717) is 30.1 Å². The predicted molar refractivity (Wildman–Crippen MR) is 83.9 cm³/mol. The van der Waals surface area contributed by atoms with Crippen molar-refractivity contribution in [2.75, 3.05) is 11.9 Å². The fourth-order valence-electron chi connectivity index (χ4n) is 2.73. The Labute approximate surface area is 131 Å². The second-order valence-corrected chi connectivity index (χ2v) is 6.68. The number of aromatic nitrogens is 1. The highest BCUT2D eigenvalue weighted by atomic mass is 32.1. The van der Waals surface area contributed by atoms with E-state index in [1.165, 1.54) is 11.3 Å². The average Bonchev–Trinajstić information content (AvgIpc) is 3.27. The molecule has 6 heteroatoms. The molecule has 22 heavy (non-hydrogen) atoms. The first kappa shape index (κ1) is 13.8. The molecule has 1 fully saturated rings. The van der Waals surface area contributed by atoms with E-state index in [4.69, 9.17) is 0 Å². The van der Waals surface area contributed by atoms with E-state index >= 15 is 0 Å². The number of nitrogens with one attached hydrogen (secondary N) is 2. The number of rotatable bonds is 3. The van der Waals surface area contributed by atoms with Crippen LogP contribution in [0, 0.1) is 5.82 Å². The van der Waals surface area contributed by atoms with Gasteiger partial charge in [0.25, 0.3) is 5.91 Å². The minimum absolute atomic E-state index is 0.242. The minimum Gasteiger partial charge on any atom is -0.318 e. The first-order chi connectivity index (χ1) is 10.7. The Bertz CT molecular complexity index is 739. The van der Waals surface area contributed by atoms with Crippen LogP contribution >= 0.6 is 11.3 Å². The number of benzene rings is 1. The first-order valence-corrected chi connectivity index (χ1v) is 8.38. The van der Waals surface area contributed by atoms with Gasteiger partial charge in [0.2, 0.25) is 0 Å². The van der Waals surface area contributed by atoms with Crippen LogP contribution in [-0.4, -0.2) is 17.4 Å². The van der Waals surface area contributed by atoms with Crippen LogP contribution in [0.4, 0.5) is 10.1 Å². The van der Waals surface area contributed by atoms with E-state index in [2.05, 4.69) is 15.6 Å². The number of hydrogen-bond donors (Lipinski definition) is 2. The Kier molecular flexibility index (Phi) is 3.43. The lowest BCUT2D eigenvalue weighted by molar-refractivity contribution is 0.102. The molecule has 1 aliphatic heterocycles. The first-order valence-electron chi connectivity index (χ1n) is 7.50. The van der Waals surface area contributed by atoms with Gasteiger partial charge in [-0.3, -0.25) is 4.79 Å². The van der Waals surface area contributed by atoms with Gasteiger partial charge in [0, 0.05) is 17.8 Å². The molecule has 1 saturated carbocycles. The number of anilines is 1. The van der Waals surface area contributed by atoms with Gasteiger partial charge in [-0.2, -0.15) is 0 Å². The van der Waals surface area contributed by atoms with Gasteiger partial charge in [0.05, 0.1) is 10.7 Å². The highest BCUT2D eigenvalue weighted by Crippen LogP contribution is 2.41. The zero-order chi connectivity index (χ0) is 15.1. The summed E-state index contributed by atoms with van der Waals surface area (Å²) in [5, 5.41) is 8.64. The summed E-state index contributed by atoms with van der Waals surface area (Å²) < 4.78 is 14.5. The second-order valence-electron chi connectivity index (χ2n) is 5.79. The van der Waals surface area contributed by atoms with Crippen molar-refractivity contribution in [3.05, 3.63) is 45.2 Å². The van der Waals surface area contributed by atoms with E-state index < -0.39 is 0 Å². The molecule has 0 unspecified atom stereocenters. The van der Waals surface area contributed by atoms with Crippen molar-refractivity contribution >= 4 is 22.9 Å². The summed E-state index contributed by atoms with van der Waals surface area (Å²) >= 11 is 1.51. The second kappa shape index (κ2) is 5.44. The van der Waals surface area contributed by atoms with Crippen LogP contribution in [0.5, 0.6) is 0 Å². The van der Waals surface area contributed by atoms with Crippen molar-refractivity contribution in [3.8, 4) is 0 Å². The van der Waals surface area contributed by atoms with Gasteiger partial charge in [-0.25, -0.2) is 9.37 Å². The lowest BCUT2D eigenvalue weighted by atomic mass is 9.99. The van der Waals surface area contributed by atoms with Crippen molar-refractivity contribution in [2.24, 2.45) is 0 Å². The summed E-state index contributed by atoms with van der Waals surface area (Å²) in [6.45, 7) is 1.44. The SMILES string of the molecule is O=C(Nc1ccc2c(c1F)CCNC2)c1csc(C2CC2)n1. The van der Waals surface area contributed by atoms with Crippen LogP contribution < -0.4 is 10.6 Å². The molecule has 114 valence electrons. The van der Waals surface area contributed by atoms with E-state index in [1.807, 2.05) is 6.07 Å². The molecule has 1 aromatic carbocycles. The minimum atomic E-state index is -0.337. The quantitative estimate of drug-likeness (QED) is 0.915. The van der Waals surface area contributed by atoms with Crippen molar-refractivity contribution < 1.29 is 9.18 Å². The molecule has 2 heterocycles. The van der Waals surface area contributed by atoms with Crippen molar-refractivity contribution in [2.45, 2.75) is 31.7 Å². The number of fused-ring (bicyclic) bond motifs is 1. The fourth-order valence-corrected chi connectivity index (χ4v) is 3.70. The van der Waals surface area contributed by atoms with Gasteiger partial charge in [-0.15, -0.1) is 11.3 Å². The standard InChI is InChI=1S/C16H16FN3OS/c17-14-11-5-6-18-7-10(11)3-4-12(14)19-15(21)13-8-22-16(20-13)9-1-2-9/h3-4,8-9,18H,1-2,5-7H2,(H,19,21). The van der Waals surface area contributed by atoms with E-state index in [9.17, 15) is 9.18 Å². The number of thiazole rings is 1. The van der Waals surface area contributed by atoms with Crippen molar-refractivity contribution in [3.63, 3.8) is 0 Å². The lowest BCUT2D eigenvalue weighted by Crippen LogP contribution is -2.25. The van der Waals surface area contributed by atoms with E-state index in [0.717, 1.165) is 30.0 Å². The molecule has 4 nitrogen and oxygen atoms in total. The predicted octanol–water partition coefficient (Wildman–Crippen LogP) is 3.06. The molecule has 1 aliphatic carbocycles. The van der Waals surface area contributed by atoms with Gasteiger partial charge < -0.3 is 10.6 Å². The highest BCUT2D eigenvalue weighted by Gasteiger charge is 2.27. The molecular formula is C16H16FN3OS. The maximum absolute atomic E-state index is 14.5. The zero-order valence-electron chi connectivity index (χ0n) is 12.0. The Balaban J connectivity index is 1.55. The monoisotopic (exact) mass is 317 g/mol. The Hall–Kier alpha value is -1.79. The number of halogens is 1. The maximum atomic E-state index is 14.5. The molecule has 0 atom stereocenters. The molecule has 0 bridgehead atoms. The smallest absolute Gasteiger partial charge is 0.275 e. The molecule has 0 spiro atoms. The molecule has 2 N–H and O–H groups in total. The molecule has 0 radical (unpaired) electrons. The largest absolute Gasteiger partial charge is 0.318 e. The van der Waals surface area contributed by atoms with Gasteiger partial charge >= 0.3 is 0 Å². The molecule has 1 aromatic heterocycles. The Morgan fingerprint density at radius 1 is 1.41 bits per heavy atom. The van der Waals surface area contributed by atoms with Crippen LogP contribution in [0.25, 0.3) is 0 Å². The maximum Gasteiger partial charge on any atom is 0.275 e. The van der Waals surface area contributed by atoms with Crippen LogP contribution in [0.15, 0.2) is 17.5 Å². The topological polar surface area (TPSA) is 54.0 Å². The zero-order valence-corrected chi connectivity index (χ0v) is 12.8. The fraction of sp³-hybridized carbons (Fsp3) is 0.375. The summed E-state index contributed by atoms with van der Waals surface area (Å²) in [7, 11) is 0. The summed E-state index contributed by atoms with van der Waals surface area (Å²) in [5.41, 5.74) is 2.29. The molecular weight excluding hydrogens is 301 g/mol. The number of amides is 1. The number of hydrogen-bond acceptors (Lipinski definition) is 4. The third-order valence-electron chi connectivity index (χ3n) is 4.14. The van der Waals surface area contributed by atoms with Crippen molar-refractivity contribution in [1.82, 2.24) is 10.3 Å². The molecule has 2 aliphatic rings. The number of carbonyl (C=O) groups is 1. The summed E-state index contributed by atoms with van der Waals surface area (Å²) in [6.07, 6.45) is 2.96. The summed E-state index contributed by atoms with van der Waals surface area (Å²) in [4.78, 5) is 16.6. The lowest BCUT2D eigenvalue weighted by Gasteiger charge is -2.19. The van der Waals surface area contributed by atoms with Gasteiger partial charge in [0.1, 0.15) is 11.5 Å². The summed E-state index contributed by atoms with van der Waals surface area (Å²) in [6, 6.07) is 3.50. The third kappa shape index (κ3) is 2.53. The van der Waals surface area contributed by atoms with Crippen LogP contribution in [-0.2, 0) is 13.0 Å². The Morgan fingerprint density at radius 2 is 2.27 bits per heavy atom. The van der Waals surface area contributed by atoms with Gasteiger partial charge in [-0.05, 0) is 43.0 Å². The Morgan fingerprint density at radius 3 is 3.09 bits per heavy atom. The van der Waals surface area contributed by atoms with Gasteiger partial charge in [0.15, 0.2) is 0 Å². The van der Waals surface area contributed by atoms with E-state index in [1.54, 1.807) is 11.4 Å². The van der Waals surface area contributed by atoms with Crippen molar-refractivity contribution in [1.29, 1.82) is 0 Å². The highest BCUT2D eigenvalue weighted by molar-refractivity contribution is 7.10. The summed E-state index contributed by atoms with van der Waals surface area (Å²) in [5.74, 6) is -0.125.